The van der Waals surface area contributed by atoms with E-state index < -0.39 is 41.8 Å². The Morgan fingerprint density at radius 2 is 1.76 bits per heavy atom. The predicted octanol–water partition coefficient (Wildman–Crippen LogP) is -0.0241. The number of rotatable bonds is 3. The summed E-state index contributed by atoms with van der Waals surface area (Å²) in [6.07, 6.45) is -6.04. The lowest BCUT2D eigenvalue weighted by Crippen LogP contribution is -2.66. The minimum absolute atomic E-state index is 0.852. The van der Waals surface area contributed by atoms with Crippen LogP contribution in [0.1, 0.15) is 27.7 Å². The van der Waals surface area contributed by atoms with Crippen molar-refractivity contribution in [2.75, 3.05) is 6.61 Å². The Hall–Kier alpha value is -1.84. The first-order valence-corrected chi connectivity index (χ1v) is 5.80. The van der Waals surface area contributed by atoms with Crippen LogP contribution in [0.3, 0.4) is 0 Å². The van der Waals surface area contributed by atoms with Crippen LogP contribution < -0.4 is 10.7 Å². The van der Waals surface area contributed by atoms with E-state index in [2.05, 4.69) is 10.1 Å². The van der Waals surface area contributed by atoms with Crippen LogP contribution in [0.25, 0.3) is 0 Å². The second-order valence-corrected chi connectivity index (χ2v) is 5.41. The number of carbonyl (C=O) groups is 1. The monoisotopic (exact) mass is 314 g/mol. The van der Waals surface area contributed by atoms with Crippen molar-refractivity contribution in [3.8, 4) is 0 Å². The third kappa shape index (κ3) is 6.43. The average Bonchev–Trinajstić information content (AvgIpc) is 2.24. The van der Waals surface area contributed by atoms with Crippen molar-refractivity contribution in [3.05, 3.63) is 0 Å². The van der Waals surface area contributed by atoms with Crippen molar-refractivity contribution in [1.82, 2.24) is 5.32 Å². The molecule has 0 aliphatic heterocycles. The highest BCUT2D eigenvalue weighted by Gasteiger charge is 2.45. The molecule has 21 heavy (non-hydrogen) atoms. The van der Waals surface area contributed by atoms with Crippen LogP contribution in [-0.2, 0) is 9.47 Å². The number of aliphatic hydroxyl groups is 1. The number of halogens is 3. The fourth-order valence-corrected chi connectivity index (χ4v) is 0.988. The van der Waals surface area contributed by atoms with Crippen LogP contribution in [0, 0.1) is 5.41 Å². The van der Waals surface area contributed by atoms with Gasteiger partial charge in [-0.05, 0) is 27.7 Å². The maximum absolute atomic E-state index is 12.2. The molecule has 0 rings (SSSR count). The summed E-state index contributed by atoms with van der Waals surface area (Å²) in [4.78, 5) is 11.6. The van der Waals surface area contributed by atoms with E-state index in [0.717, 1.165) is 6.92 Å². The molecule has 0 aromatic heterocycles. The molecule has 0 aromatic carbocycles. The maximum atomic E-state index is 12.2. The van der Waals surface area contributed by atoms with E-state index in [4.69, 9.17) is 15.6 Å². The van der Waals surface area contributed by atoms with E-state index in [9.17, 15) is 23.1 Å². The first kappa shape index (κ1) is 19.2. The molecule has 0 saturated heterocycles. The highest BCUT2D eigenvalue weighted by Crippen LogP contribution is 2.18. The molecular formula is C11H19F3N3O4+. The molecule has 0 aromatic rings. The summed E-state index contributed by atoms with van der Waals surface area (Å²) in [5, 5.41) is 23.3. The number of nitrogens with one attached hydrogen (secondary N) is 2. The summed E-state index contributed by atoms with van der Waals surface area (Å²) >= 11 is 0. The number of ether oxygens (including phenoxy) is 2. The molecule has 1 amide bonds. The Morgan fingerprint density at radius 1 is 1.29 bits per heavy atom. The van der Waals surface area contributed by atoms with Crippen LogP contribution in [0.2, 0.25) is 0 Å². The van der Waals surface area contributed by atoms with Crippen molar-refractivity contribution in [3.63, 3.8) is 0 Å². The van der Waals surface area contributed by atoms with Crippen molar-refractivity contribution < 1.29 is 38.0 Å². The van der Waals surface area contributed by atoms with Crippen LogP contribution in [0.4, 0.5) is 18.0 Å². The molecule has 122 valence electrons. The molecule has 7 nitrogen and oxygen atoms in total. The molecule has 0 radical (unpaired) electrons. The van der Waals surface area contributed by atoms with E-state index in [1.165, 1.54) is 0 Å². The summed E-state index contributed by atoms with van der Waals surface area (Å²) in [7, 11) is 0. The van der Waals surface area contributed by atoms with E-state index in [-0.39, 0.29) is 0 Å². The third-order valence-electron chi connectivity index (χ3n) is 2.11. The van der Waals surface area contributed by atoms with Gasteiger partial charge in [0.2, 0.25) is 0 Å². The molecule has 10 heteroatoms. The van der Waals surface area contributed by atoms with Gasteiger partial charge in [0.25, 0.3) is 5.90 Å². The second kappa shape index (κ2) is 6.29. The number of amides is 1. The van der Waals surface area contributed by atoms with Crippen molar-refractivity contribution in [2.45, 2.75) is 45.0 Å². The summed E-state index contributed by atoms with van der Waals surface area (Å²) in [6, 6.07) is 0. The van der Waals surface area contributed by atoms with E-state index in [0.29, 0.717) is 0 Å². The number of nitrogens with two attached hydrogens (primary N) is 1. The molecule has 1 unspecified atom stereocenters. The van der Waals surface area contributed by atoms with Gasteiger partial charge < -0.3 is 19.9 Å². The number of alkyl carbamates (subject to hydrolysis) is 1. The molecule has 0 heterocycles. The van der Waals surface area contributed by atoms with Crippen LogP contribution >= 0.6 is 0 Å². The van der Waals surface area contributed by atoms with Crippen LogP contribution in [0.15, 0.2) is 0 Å². The lowest BCUT2D eigenvalue weighted by atomic mass is 10.0. The van der Waals surface area contributed by atoms with Gasteiger partial charge in [0, 0.05) is 0 Å². The van der Waals surface area contributed by atoms with Gasteiger partial charge in [-0.3, -0.25) is 5.41 Å². The fraction of sp³-hybridized carbons (Fsp3) is 0.727. The minimum Gasteiger partial charge on any atom is -0.444 e. The highest BCUT2D eigenvalue weighted by molar-refractivity contribution is 5.95. The molecule has 0 fully saturated rings. The maximum Gasteiger partial charge on any atom is 0.468 e. The van der Waals surface area contributed by atoms with E-state index in [1.54, 1.807) is 20.8 Å². The van der Waals surface area contributed by atoms with E-state index in [1.807, 2.05) is 0 Å². The van der Waals surface area contributed by atoms with Crippen molar-refractivity contribution in [1.29, 1.82) is 5.41 Å². The third-order valence-corrected chi connectivity index (χ3v) is 2.11. The minimum atomic E-state index is -5.03. The first-order chi connectivity index (χ1) is 9.21. The summed E-state index contributed by atoms with van der Waals surface area (Å²) < 4.78 is 45.6. The van der Waals surface area contributed by atoms with Crippen LogP contribution in [-0.4, -0.2) is 46.9 Å². The van der Waals surface area contributed by atoms with Gasteiger partial charge in [-0.2, -0.15) is 13.2 Å². The smallest absolute Gasteiger partial charge is 0.444 e. The van der Waals surface area contributed by atoms with Crippen molar-refractivity contribution in [2.24, 2.45) is 0 Å². The second-order valence-electron chi connectivity index (χ2n) is 5.41. The fourth-order valence-electron chi connectivity index (χ4n) is 0.988. The van der Waals surface area contributed by atoms with Gasteiger partial charge in [-0.1, -0.05) is 0 Å². The quantitative estimate of drug-likeness (QED) is 0.432. The van der Waals surface area contributed by atoms with Gasteiger partial charge >= 0.3 is 18.2 Å². The Labute approximate surface area is 119 Å². The lowest BCUT2D eigenvalue weighted by molar-refractivity contribution is -0.149. The standard InChI is InChI=1S/C11H18F3N3O4/c1-9(2,3)21-8(19)17-10(4,5-18)6(15)20-7(16)11(12,13)14/h15-16,18H,5H2,1-4H3,(H,17,19)/p+1. The number of aliphatic hydroxyl groups excluding tert-OH is 1. The molecule has 0 spiro atoms. The number of hydrogen-bond acceptors (Lipinski definition) is 5. The first-order valence-electron chi connectivity index (χ1n) is 5.80. The number of carbonyl (C=O) groups excluding carboxylic acids is 1. The zero-order chi connectivity index (χ0) is 17.1. The van der Waals surface area contributed by atoms with Gasteiger partial charge in [0.1, 0.15) is 5.60 Å². The highest BCUT2D eigenvalue weighted by atomic mass is 19.4. The zero-order valence-electron chi connectivity index (χ0n) is 12.1. The molecule has 0 aliphatic carbocycles. The molecule has 0 saturated carbocycles. The Balaban J connectivity index is 4.91. The van der Waals surface area contributed by atoms with Crippen molar-refractivity contribution >= 4 is 17.9 Å². The topological polar surface area (TPSA) is 117 Å². The van der Waals surface area contributed by atoms with Gasteiger partial charge in [-0.25, -0.2) is 10.2 Å². The van der Waals surface area contributed by atoms with E-state index >= 15 is 0 Å². The predicted molar refractivity (Wildman–Crippen MR) is 66.7 cm³/mol. The lowest BCUT2D eigenvalue weighted by Gasteiger charge is -2.27. The molecular weight excluding hydrogens is 295 g/mol. The number of hydrogen-bond donors (Lipinski definition) is 4. The summed E-state index contributed by atoms with van der Waals surface area (Å²) in [5.74, 6) is -2.95. The number of alkyl halides is 3. The molecule has 1 atom stereocenters. The van der Waals surface area contributed by atoms with Gasteiger partial charge in [0.15, 0.2) is 5.54 Å². The van der Waals surface area contributed by atoms with Gasteiger partial charge in [-0.15, -0.1) is 0 Å². The zero-order valence-corrected chi connectivity index (χ0v) is 12.1. The Bertz CT molecular complexity index is 431. The molecule has 0 aliphatic rings. The summed E-state index contributed by atoms with van der Waals surface area (Å²) in [6.45, 7) is 4.99. The normalized spacial score (nSPS) is 14.9. The van der Waals surface area contributed by atoms with Crippen LogP contribution in [0.5, 0.6) is 0 Å². The Kier molecular flexibility index (Phi) is 5.74. The largest absolute Gasteiger partial charge is 0.468 e. The summed E-state index contributed by atoms with van der Waals surface area (Å²) in [5.41, 5.74) is -2.70. The van der Waals surface area contributed by atoms with Gasteiger partial charge in [0.05, 0.1) is 6.61 Å². The molecule has 0 bridgehead atoms. The average molecular weight is 314 g/mol. The molecule has 5 N–H and O–H groups in total. The SMILES string of the molecule is CC(C)(C)OC(=O)NC(C)(CO)C(=[NH2+])OC(=N)C(F)(F)F. The Morgan fingerprint density at radius 3 is 2.10 bits per heavy atom.